The number of nitro groups is 1. The van der Waals surface area contributed by atoms with Gasteiger partial charge in [-0.1, -0.05) is 0 Å². The quantitative estimate of drug-likeness (QED) is 0.476. The van der Waals surface area contributed by atoms with E-state index in [2.05, 4.69) is 12.6 Å². The third kappa shape index (κ3) is 2.70. The fraction of sp³-hybridized carbons (Fsp3) is 0.333. The third-order valence-electron chi connectivity index (χ3n) is 1.84. The number of rotatable bonds is 4. The van der Waals surface area contributed by atoms with Crippen molar-refractivity contribution in [1.29, 1.82) is 0 Å². The molecule has 0 aliphatic rings. The van der Waals surface area contributed by atoms with Crippen molar-refractivity contribution in [2.24, 2.45) is 0 Å². The Labute approximate surface area is 86.5 Å². The lowest BCUT2D eigenvalue weighted by atomic mass is 10.1. The first-order chi connectivity index (χ1) is 6.65. The van der Waals surface area contributed by atoms with Gasteiger partial charge in [0.25, 0.3) is 5.69 Å². The van der Waals surface area contributed by atoms with Gasteiger partial charge >= 0.3 is 0 Å². The summed E-state index contributed by atoms with van der Waals surface area (Å²) in [6, 6.07) is 3.51. The molecule has 1 rings (SSSR count). The third-order valence-corrected chi connectivity index (χ3v) is 2.16. The summed E-state index contributed by atoms with van der Waals surface area (Å²) in [4.78, 5) is 10.1. The van der Waals surface area contributed by atoms with Gasteiger partial charge in [-0.25, -0.2) is 4.39 Å². The van der Waals surface area contributed by atoms with Crippen molar-refractivity contribution in [2.45, 2.75) is 12.8 Å². The zero-order chi connectivity index (χ0) is 10.6. The maximum atomic E-state index is 12.8. The number of aryl methyl sites for hydroxylation is 1. The Morgan fingerprint density at radius 3 is 2.79 bits per heavy atom. The Morgan fingerprint density at radius 2 is 2.21 bits per heavy atom. The highest BCUT2D eigenvalue weighted by Gasteiger charge is 2.13. The lowest BCUT2D eigenvalue weighted by Gasteiger charge is -2.01. The molecule has 0 aromatic heterocycles. The summed E-state index contributed by atoms with van der Waals surface area (Å²) in [6.07, 6.45) is 1.19. The predicted molar refractivity (Wildman–Crippen MR) is 55.2 cm³/mol. The Kier molecular flexibility index (Phi) is 3.88. The molecule has 0 amide bonds. The van der Waals surface area contributed by atoms with Crippen LogP contribution in [-0.2, 0) is 6.42 Å². The standard InChI is InChI=1S/C9H10FNO2S/c10-8-3-4-9(11(12)13)7(6-8)2-1-5-14/h3-4,6,14H,1-2,5H2. The molecular weight excluding hydrogens is 205 g/mol. The van der Waals surface area contributed by atoms with E-state index in [1.54, 1.807) is 0 Å². The monoisotopic (exact) mass is 215 g/mol. The minimum atomic E-state index is -0.493. The Bertz CT molecular complexity index is 344. The fourth-order valence-corrected chi connectivity index (χ4v) is 1.36. The van der Waals surface area contributed by atoms with Gasteiger partial charge in [0.1, 0.15) is 5.82 Å². The van der Waals surface area contributed by atoms with Gasteiger partial charge in [-0.2, -0.15) is 12.6 Å². The van der Waals surface area contributed by atoms with E-state index >= 15 is 0 Å². The lowest BCUT2D eigenvalue weighted by Crippen LogP contribution is -1.97. The second-order valence-electron chi connectivity index (χ2n) is 2.86. The van der Waals surface area contributed by atoms with Gasteiger partial charge in [-0.05, 0) is 30.7 Å². The number of hydrogen-bond donors (Lipinski definition) is 1. The van der Waals surface area contributed by atoms with Gasteiger partial charge in [-0.3, -0.25) is 10.1 Å². The van der Waals surface area contributed by atoms with Crippen LogP contribution in [0.3, 0.4) is 0 Å². The maximum absolute atomic E-state index is 12.8. The van der Waals surface area contributed by atoms with Crippen LogP contribution in [0.2, 0.25) is 0 Å². The molecule has 14 heavy (non-hydrogen) atoms. The molecule has 0 aliphatic heterocycles. The van der Waals surface area contributed by atoms with Crippen molar-refractivity contribution in [3.63, 3.8) is 0 Å². The molecule has 0 fully saturated rings. The van der Waals surface area contributed by atoms with Crippen LogP contribution in [0.4, 0.5) is 10.1 Å². The van der Waals surface area contributed by atoms with Crippen LogP contribution < -0.4 is 0 Å². The average Bonchev–Trinajstić information content (AvgIpc) is 2.14. The van der Waals surface area contributed by atoms with Crippen molar-refractivity contribution in [1.82, 2.24) is 0 Å². The highest BCUT2D eigenvalue weighted by molar-refractivity contribution is 7.80. The van der Waals surface area contributed by atoms with Crippen LogP contribution in [0, 0.1) is 15.9 Å². The summed E-state index contributed by atoms with van der Waals surface area (Å²) in [5.41, 5.74) is 0.414. The molecule has 5 heteroatoms. The van der Waals surface area contributed by atoms with E-state index in [-0.39, 0.29) is 5.69 Å². The molecule has 0 spiro atoms. The van der Waals surface area contributed by atoms with Gasteiger partial charge in [0.15, 0.2) is 0 Å². The Hall–Kier alpha value is -1.10. The normalized spacial score (nSPS) is 10.1. The largest absolute Gasteiger partial charge is 0.272 e. The van der Waals surface area contributed by atoms with Crippen LogP contribution in [0.5, 0.6) is 0 Å². The van der Waals surface area contributed by atoms with Gasteiger partial charge in [-0.15, -0.1) is 0 Å². The molecule has 0 unspecified atom stereocenters. The first-order valence-electron chi connectivity index (χ1n) is 4.19. The Morgan fingerprint density at radius 1 is 1.50 bits per heavy atom. The van der Waals surface area contributed by atoms with Crippen molar-refractivity contribution in [3.8, 4) is 0 Å². The molecule has 0 aliphatic carbocycles. The molecule has 76 valence electrons. The number of halogens is 1. The average molecular weight is 215 g/mol. The molecule has 1 aromatic carbocycles. The zero-order valence-corrected chi connectivity index (χ0v) is 8.34. The molecule has 0 heterocycles. The number of thiol groups is 1. The van der Waals surface area contributed by atoms with Gasteiger partial charge in [0, 0.05) is 11.6 Å². The maximum Gasteiger partial charge on any atom is 0.272 e. The van der Waals surface area contributed by atoms with Crippen molar-refractivity contribution in [2.75, 3.05) is 5.75 Å². The highest BCUT2D eigenvalue weighted by Crippen LogP contribution is 2.20. The molecule has 0 N–H and O–H groups in total. The van der Waals surface area contributed by atoms with E-state index in [0.717, 1.165) is 6.07 Å². The lowest BCUT2D eigenvalue weighted by molar-refractivity contribution is -0.385. The smallest absolute Gasteiger partial charge is 0.258 e. The van der Waals surface area contributed by atoms with Crippen molar-refractivity contribution < 1.29 is 9.31 Å². The van der Waals surface area contributed by atoms with Gasteiger partial charge in [0.05, 0.1) is 4.92 Å². The summed E-state index contributed by atoms with van der Waals surface area (Å²) in [6.45, 7) is 0. The molecule has 1 aromatic rings. The molecule has 0 radical (unpaired) electrons. The molecule has 3 nitrogen and oxygen atoms in total. The second kappa shape index (κ2) is 4.95. The van der Waals surface area contributed by atoms with Crippen LogP contribution in [0.25, 0.3) is 0 Å². The second-order valence-corrected chi connectivity index (χ2v) is 3.30. The van der Waals surface area contributed by atoms with Crippen LogP contribution >= 0.6 is 12.6 Å². The first kappa shape index (κ1) is 11.0. The number of hydrogen-bond acceptors (Lipinski definition) is 3. The summed E-state index contributed by atoms with van der Waals surface area (Å²) in [7, 11) is 0. The summed E-state index contributed by atoms with van der Waals surface area (Å²) in [5.74, 6) is 0.193. The van der Waals surface area contributed by atoms with E-state index in [0.29, 0.717) is 24.2 Å². The van der Waals surface area contributed by atoms with Gasteiger partial charge in [0.2, 0.25) is 0 Å². The van der Waals surface area contributed by atoms with E-state index in [4.69, 9.17) is 0 Å². The fourth-order valence-electron chi connectivity index (χ4n) is 1.20. The molecule has 0 saturated heterocycles. The first-order valence-corrected chi connectivity index (χ1v) is 4.82. The molecule has 0 atom stereocenters. The summed E-state index contributed by atoms with van der Waals surface area (Å²) in [5, 5.41) is 10.6. The number of nitrogens with zero attached hydrogens (tertiary/aromatic N) is 1. The van der Waals surface area contributed by atoms with E-state index in [1.165, 1.54) is 12.1 Å². The Balaban J connectivity index is 2.97. The van der Waals surface area contributed by atoms with Crippen LogP contribution in [0.1, 0.15) is 12.0 Å². The van der Waals surface area contributed by atoms with Crippen molar-refractivity contribution >= 4 is 18.3 Å². The summed E-state index contributed by atoms with van der Waals surface area (Å²) >= 11 is 4.00. The highest BCUT2D eigenvalue weighted by atomic mass is 32.1. The van der Waals surface area contributed by atoms with Crippen molar-refractivity contribution in [3.05, 3.63) is 39.7 Å². The van der Waals surface area contributed by atoms with E-state index in [9.17, 15) is 14.5 Å². The minimum absolute atomic E-state index is 0.0202. The van der Waals surface area contributed by atoms with Crippen LogP contribution in [-0.4, -0.2) is 10.7 Å². The van der Waals surface area contributed by atoms with E-state index in [1.807, 2.05) is 0 Å². The molecule has 0 saturated carbocycles. The minimum Gasteiger partial charge on any atom is -0.258 e. The van der Waals surface area contributed by atoms with E-state index < -0.39 is 10.7 Å². The number of benzene rings is 1. The topological polar surface area (TPSA) is 43.1 Å². The SMILES string of the molecule is O=[N+]([O-])c1ccc(F)cc1CCCS. The van der Waals surface area contributed by atoms with Crippen LogP contribution in [0.15, 0.2) is 18.2 Å². The number of nitro benzene ring substituents is 1. The van der Waals surface area contributed by atoms with Gasteiger partial charge < -0.3 is 0 Å². The zero-order valence-electron chi connectivity index (χ0n) is 7.44. The summed E-state index contributed by atoms with van der Waals surface area (Å²) < 4.78 is 12.8. The molecular formula is C9H10FNO2S. The predicted octanol–water partition coefficient (Wildman–Crippen LogP) is 2.60. The molecule has 0 bridgehead atoms.